The lowest BCUT2D eigenvalue weighted by Crippen LogP contribution is -2.36. The molecule has 1 aliphatic heterocycles. The number of hydrogen-bond acceptors (Lipinski definition) is 4. The number of benzene rings is 1. The predicted octanol–water partition coefficient (Wildman–Crippen LogP) is 2.94. The number of nitrogens with one attached hydrogen (secondary N) is 1. The minimum absolute atomic E-state index is 0.244. The van der Waals surface area contributed by atoms with Gasteiger partial charge in [0.15, 0.2) is 0 Å². The van der Waals surface area contributed by atoms with Gasteiger partial charge in [0, 0.05) is 22.6 Å². The smallest absolute Gasteiger partial charge is 0.0860 e. The molecule has 0 bridgehead atoms. The van der Waals surface area contributed by atoms with E-state index in [0.29, 0.717) is 0 Å². The van der Waals surface area contributed by atoms with E-state index in [0.717, 1.165) is 29.3 Å². The number of aromatic nitrogens is 1. The highest BCUT2D eigenvalue weighted by atomic mass is 32.2. The van der Waals surface area contributed by atoms with Gasteiger partial charge in [0.1, 0.15) is 0 Å². The lowest BCUT2D eigenvalue weighted by molar-refractivity contribution is 0.0489. The molecule has 106 valence electrons. The van der Waals surface area contributed by atoms with Crippen molar-refractivity contribution < 1.29 is 4.74 Å². The average molecular weight is 288 g/mol. The number of pyridine rings is 1. The summed E-state index contributed by atoms with van der Waals surface area (Å²) in [5.74, 6) is 2.16. The van der Waals surface area contributed by atoms with Crippen molar-refractivity contribution in [2.75, 3.05) is 25.2 Å². The second-order valence-electron chi connectivity index (χ2n) is 5.16. The maximum atomic E-state index is 5.92. The van der Waals surface area contributed by atoms with Crippen molar-refractivity contribution >= 4 is 22.7 Å². The zero-order valence-electron chi connectivity index (χ0n) is 11.9. The van der Waals surface area contributed by atoms with Crippen molar-refractivity contribution in [2.45, 2.75) is 19.1 Å². The van der Waals surface area contributed by atoms with Crippen molar-refractivity contribution in [3.63, 3.8) is 0 Å². The summed E-state index contributed by atoms with van der Waals surface area (Å²) >= 11 is 1.97. The third kappa shape index (κ3) is 2.82. The van der Waals surface area contributed by atoms with Crippen molar-refractivity contribution in [1.82, 2.24) is 10.3 Å². The summed E-state index contributed by atoms with van der Waals surface area (Å²) in [5.41, 5.74) is 3.39. The summed E-state index contributed by atoms with van der Waals surface area (Å²) in [6.45, 7) is 2.87. The van der Waals surface area contributed by atoms with Gasteiger partial charge in [-0.3, -0.25) is 4.98 Å². The Kier molecular flexibility index (Phi) is 4.24. The maximum absolute atomic E-state index is 5.92. The van der Waals surface area contributed by atoms with Crippen molar-refractivity contribution in [3.8, 4) is 0 Å². The second kappa shape index (κ2) is 6.12. The van der Waals surface area contributed by atoms with E-state index in [1.165, 1.54) is 10.9 Å². The van der Waals surface area contributed by atoms with Gasteiger partial charge in [-0.05, 0) is 37.7 Å². The topological polar surface area (TPSA) is 34.2 Å². The number of hydrogen-bond donors (Lipinski definition) is 1. The summed E-state index contributed by atoms with van der Waals surface area (Å²) in [5, 5.41) is 4.60. The second-order valence-corrected chi connectivity index (χ2v) is 6.31. The Labute approximate surface area is 124 Å². The van der Waals surface area contributed by atoms with E-state index in [9.17, 15) is 0 Å². The monoisotopic (exact) mass is 288 g/mol. The Balaban J connectivity index is 1.92. The molecule has 0 spiro atoms. The fourth-order valence-electron chi connectivity index (χ4n) is 2.71. The maximum Gasteiger partial charge on any atom is 0.0860 e. The van der Waals surface area contributed by atoms with Crippen LogP contribution in [0.1, 0.15) is 17.3 Å². The van der Waals surface area contributed by atoms with Gasteiger partial charge in [0.2, 0.25) is 0 Å². The first-order valence-corrected chi connectivity index (χ1v) is 8.17. The molecule has 0 amide bonds. The molecule has 1 aromatic heterocycles. The minimum atomic E-state index is 0.244. The Morgan fingerprint density at radius 1 is 1.35 bits per heavy atom. The zero-order valence-corrected chi connectivity index (χ0v) is 12.7. The number of likely N-dealkylation sites (N-methyl/N-ethyl adjacent to an activating group) is 1. The van der Waals surface area contributed by atoms with Crippen molar-refractivity contribution in [3.05, 3.63) is 41.6 Å². The van der Waals surface area contributed by atoms with Gasteiger partial charge < -0.3 is 10.1 Å². The van der Waals surface area contributed by atoms with Gasteiger partial charge in [0.25, 0.3) is 0 Å². The Bertz CT molecular complexity index is 596. The van der Waals surface area contributed by atoms with Gasteiger partial charge >= 0.3 is 0 Å². The van der Waals surface area contributed by atoms with Crippen LogP contribution in [0.3, 0.4) is 0 Å². The molecule has 2 atom stereocenters. The molecule has 1 saturated heterocycles. The molecule has 2 heterocycles. The normalized spacial score (nSPS) is 21.0. The van der Waals surface area contributed by atoms with E-state index in [2.05, 4.69) is 40.6 Å². The number of ether oxygens (including phenoxy) is 1. The highest BCUT2D eigenvalue weighted by Crippen LogP contribution is 2.27. The Morgan fingerprint density at radius 2 is 2.25 bits per heavy atom. The average Bonchev–Trinajstić information content (AvgIpc) is 2.49. The molecule has 0 saturated carbocycles. The van der Waals surface area contributed by atoms with E-state index in [1.54, 1.807) is 0 Å². The highest BCUT2D eigenvalue weighted by Gasteiger charge is 2.25. The molecule has 1 aromatic carbocycles. The van der Waals surface area contributed by atoms with Crippen LogP contribution in [0.25, 0.3) is 10.9 Å². The molecule has 2 unspecified atom stereocenters. The third-order valence-corrected chi connectivity index (χ3v) is 4.76. The van der Waals surface area contributed by atoms with Crippen LogP contribution >= 0.6 is 11.8 Å². The van der Waals surface area contributed by atoms with Crippen LogP contribution in [0.5, 0.6) is 0 Å². The van der Waals surface area contributed by atoms with Gasteiger partial charge in [0.05, 0.1) is 24.3 Å². The molecule has 0 aliphatic carbocycles. The van der Waals surface area contributed by atoms with Gasteiger partial charge in [-0.2, -0.15) is 11.8 Å². The molecule has 2 aromatic rings. The van der Waals surface area contributed by atoms with E-state index < -0.39 is 0 Å². The molecule has 4 heteroatoms. The number of rotatable bonds is 3. The molecule has 3 nitrogen and oxygen atoms in total. The van der Waals surface area contributed by atoms with Crippen molar-refractivity contribution in [2.24, 2.45) is 0 Å². The largest absolute Gasteiger partial charge is 0.375 e. The molecule has 20 heavy (non-hydrogen) atoms. The Morgan fingerprint density at radius 3 is 3.00 bits per heavy atom. The molecule has 1 fully saturated rings. The fourth-order valence-corrected chi connectivity index (χ4v) is 3.61. The standard InChI is InChI=1S/C16H20N2OS/c1-11-3-4-12-9-13(5-6-14(12)18-11)16(17-2)15-10-20-8-7-19-15/h3-6,9,15-17H,7-8,10H2,1-2H3. The van der Waals surface area contributed by atoms with Gasteiger partial charge in [-0.25, -0.2) is 0 Å². The van der Waals surface area contributed by atoms with Gasteiger partial charge in [-0.1, -0.05) is 12.1 Å². The Hall–Kier alpha value is -1.10. The molecule has 1 aliphatic rings. The minimum Gasteiger partial charge on any atom is -0.375 e. The van der Waals surface area contributed by atoms with Crippen LogP contribution in [-0.2, 0) is 4.74 Å². The lowest BCUT2D eigenvalue weighted by atomic mass is 10.00. The van der Waals surface area contributed by atoms with E-state index >= 15 is 0 Å². The van der Waals surface area contributed by atoms with Crippen LogP contribution < -0.4 is 5.32 Å². The molecular weight excluding hydrogens is 268 g/mol. The number of thioether (sulfide) groups is 1. The zero-order chi connectivity index (χ0) is 13.9. The number of aryl methyl sites for hydroxylation is 1. The number of nitrogens with zero attached hydrogens (tertiary/aromatic N) is 1. The van der Waals surface area contributed by atoms with E-state index in [4.69, 9.17) is 4.74 Å². The molecular formula is C16H20N2OS. The fraction of sp³-hybridized carbons (Fsp3) is 0.438. The summed E-state index contributed by atoms with van der Waals surface area (Å²) in [6, 6.07) is 11.0. The third-order valence-electron chi connectivity index (χ3n) is 3.74. The van der Waals surface area contributed by atoms with E-state index in [-0.39, 0.29) is 12.1 Å². The van der Waals surface area contributed by atoms with Crippen molar-refractivity contribution in [1.29, 1.82) is 0 Å². The van der Waals surface area contributed by atoms with Crippen LogP contribution in [0.2, 0.25) is 0 Å². The summed E-state index contributed by atoms with van der Waals surface area (Å²) in [4.78, 5) is 4.56. The first kappa shape index (κ1) is 13.9. The van der Waals surface area contributed by atoms with Crippen LogP contribution in [0.15, 0.2) is 30.3 Å². The summed E-state index contributed by atoms with van der Waals surface area (Å²) in [7, 11) is 2.00. The quantitative estimate of drug-likeness (QED) is 0.941. The van der Waals surface area contributed by atoms with Crippen LogP contribution in [0, 0.1) is 6.92 Å². The highest BCUT2D eigenvalue weighted by molar-refractivity contribution is 7.99. The summed E-state index contributed by atoms with van der Waals surface area (Å²) in [6.07, 6.45) is 0.245. The van der Waals surface area contributed by atoms with Crippen LogP contribution in [0.4, 0.5) is 0 Å². The van der Waals surface area contributed by atoms with Gasteiger partial charge in [-0.15, -0.1) is 0 Å². The molecule has 3 rings (SSSR count). The lowest BCUT2D eigenvalue weighted by Gasteiger charge is -2.30. The number of fused-ring (bicyclic) bond motifs is 1. The first-order chi connectivity index (χ1) is 9.78. The summed E-state index contributed by atoms with van der Waals surface area (Å²) < 4.78 is 5.92. The van der Waals surface area contributed by atoms with Crippen LogP contribution in [-0.4, -0.2) is 36.2 Å². The molecule has 0 radical (unpaired) electrons. The SMILES string of the molecule is CNC(c1ccc2nc(C)ccc2c1)C1CSCCO1. The molecule has 1 N–H and O–H groups in total. The first-order valence-electron chi connectivity index (χ1n) is 7.02. The predicted molar refractivity (Wildman–Crippen MR) is 85.3 cm³/mol. The van der Waals surface area contributed by atoms with E-state index in [1.807, 2.05) is 25.7 Å².